The molecule has 1 amide bonds. The second kappa shape index (κ2) is 26.6. The molecule has 11 rings (SSSR count). The summed E-state index contributed by atoms with van der Waals surface area (Å²) in [6.07, 6.45) is 6.64. The van der Waals surface area contributed by atoms with E-state index in [2.05, 4.69) is 75.4 Å². The number of benzene rings is 7. The minimum atomic E-state index is -0.145. The smallest absolute Gasteiger partial charge is 0.254 e. The quantitative estimate of drug-likeness (QED) is 0.0802. The van der Waals surface area contributed by atoms with Gasteiger partial charge in [-0.05, 0) is 118 Å². The van der Waals surface area contributed by atoms with Gasteiger partial charge in [0.2, 0.25) is 0 Å². The van der Waals surface area contributed by atoms with Crippen LogP contribution in [0.1, 0.15) is 126 Å². The predicted molar refractivity (Wildman–Crippen MR) is 314 cm³/mol. The van der Waals surface area contributed by atoms with E-state index in [0.29, 0.717) is 18.7 Å². The summed E-state index contributed by atoms with van der Waals surface area (Å²) in [6, 6.07) is 58.5. The van der Waals surface area contributed by atoms with Crippen LogP contribution in [0.4, 0.5) is 0 Å². The van der Waals surface area contributed by atoms with Crippen LogP contribution in [0.25, 0.3) is 0 Å². The summed E-state index contributed by atoms with van der Waals surface area (Å²) in [7, 11) is 5.05. The van der Waals surface area contributed by atoms with Crippen molar-refractivity contribution in [2.75, 3.05) is 21.3 Å². The summed E-state index contributed by atoms with van der Waals surface area (Å²) in [4.78, 5) is 30.5. The number of likely N-dealkylation sites (tertiary alicyclic amines) is 1. The number of hydrogen-bond donors (Lipinski definition) is 3. The van der Waals surface area contributed by atoms with Crippen molar-refractivity contribution >= 4 is 28.6 Å². The molecule has 80 heavy (non-hydrogen) atoms. The van der Waals surface area contributed by atoms with E-state index in [1.54, 1.807) is 44.0 Å². The number of aliphatic hydroxyl groups excluding tert-OH is 3. The average Bonchev–Trinajstić information content (AvgIpc) is 4.34. The molecule has 4 heterocycles. The van der Waals surface area contributed by atoms with Crippen LogP contribution in [-0.2, 0) is 32.9 Å². The van der Waals surface area contributed by atoms with Crippen molar-refractivity contribution < 1.29 is 34.3 Å². The van der Waals surface area contributed by atoms with Gasteiger partial charge in [0, 0.05) is 28.7 Å². The fourth-order valence-corrected chi connectivity index (χ4v) is 12.8. The molecule has 9 aromatic rings. The first kappa shape index (κ1) is 55.8. The molecule has 0 saturated carbocycles. The topological polar surface area (TPSA) is 141 Å². The number of aliphatic hydroxyl groups is 3. The molecule has 6 unspecified atom stereocenters. The van der Waals surface area contributed by atoms with Crippen LogP contribution in [0, 0.1) is 0 Å². The van der Waals surface area contributed by atoms with Crippen LogP contribution in [-0.4, -0.2) is 67.2 Å². The number of carbonyl (C=O) groups excluding carboxylic acids is 1. The van der Waals surface area contributed by atoms with Crippen LogP contribution in [0.15, 0.2) is 199 Å². The van der Waals surface area contributed by atoms with E-state index < -0.39 is 0 Å². The van der Waals surface area contributed by atoms with Crippen molar-refractivity contribution in [3.8, 4) is 17.2 Å². The van der Waals surface area contributed by atoms with E-state index in [1.165, 1.54) is 0 Å². The number of thiazole rings is 2. The average molecular weight is 1110 g/mol. The third-order valence-electron chi connectivity index (χ3n) is 15.5. The summed E-state index contributed by atoms with van der Waals surface area (Å²) < 4.78 is 16.5. The minimum Gasteiger partial charge on any atom is -0.497 e. The van der Waals surface area contributed by atoms with Gasteiger partial charge < -0.3 is 34.4 Å². The lowest BCUT2D eigenvalue weighted by molar-refractivity contribution is -0.0826. The van der Waals surface area contributed by atoms with Crippen LogP contribution in [0.5, 0.6) is 17.2 Å². The minimum absolute atomic E-state index is 0.000111. The lowest BCUT2D eigenvalue weighted by atomic mass is 9.79. The molecule has 12 nitrogen and oxygen atoms in total. The molecule has 0 radical (unpaired) electrons. The van der Waals surface area contributed by atoms with Gasteiger partial charge in [0.05, 0.1) is 90.5 Å². The first-order valence-corrected chi connectivity index (χ1v) is 28.7. The third kappa shape index (κ3) is 12.6. The van der Waals surface area contributed by atoms with E-state index in [-0.39, 0.29) is 62.0 Å². The molecule has 0 aliphatic carbocycles. The maximum atomic E-state index is 13.7. The number of carbonyl (C=O) groups is 1. The molecular weight excluding hydrogens is 1040 g/mol. The van der Waals surface area contributed by atoms with Crippen LogP contribution in [0.2, 0.25) is 0 Å². The van der Waals surface area contributed by atoms with E-state index in [9.17, 15) is 20.1 Å². The Morgan fingerprint density at radius 2 is 0.787 bits per heavy atom. The molecule has 2 fully saturated rings. The number of nitrogens with zero attached hydrogens (tertiary/aromatic N) is 5. The number of hydrogen-bond acceptors (Lipinski definition) is 13. The van der Waals surface area contributed by atoms with E-state index in [1.807, 2.05) is 138 Å². The van der Waals surface area contributed by atoms with Gasteiger partial charge in [0.15, 0.2) is 0 Å². The summed E-state index contributed by atoms with van der Waals surface area (Å²) in [5.41, 5.74) is 10.1. The highest BCUT2D eigenvalue weighted by atomic mass is 32.1. The zero-order valence-corrected chi connectivity index (χ0v) is 46.8. The normalized spacial score (nSPS) is 19.4. The summed E-state index contributed by atoms with van der Waals surface area (Å²) in [6.45, 7) is 1.20. The molecule has 2 aromatic heterocycles. The van der Waals surface area contributed by atoms with Crippen molar-refractivity contribution in [1.82, 2.24) is 24.7 Å². The number of methoxy groups -OCH3 is 3. The fraction of sp³-hybridized carbons (Fsp3) is 0.258. The first-order chi connectivity index (χ1) is 39.3. The highest BCUT2D eigenvalue weighted by Gasteiger charge is 2.50. The Kier molecular flexibility index (Phi) is 18.6. The molecule has 0 bridgehead atoms. The third-order valence-corrected chi connectivity index (χ3v) is 17.0. The second-order valence-electron chi connectivity index (χ2n) is 20.0. The van der Waals surface area contributed by atoms with Gasteiger partial charge >= 0.3 is 0 Å². The van der Waals surface area contributed by atoms with Gasteiger partial charge in [-0.2, -0.15) is 0 Å². The second-order valence-corrected chi connectivity index (χ2v) is 22.0. The lowest BCUT2D eigenvalue weighted by Crippen LogP contribution is -2.53. The first-order valence-electron chi connectivity index (χ1n) is 27.0. The Bertz CT molecular complexity index is 3010. The molecule has 2 aliphatic heterocycles. The SMILES string of the molecule is COc1ccc(C2C(c3ccc(OC)cc3)N(Cc3nccs3)C(c3ccc(CO)cc3)C(c3ccc(CO)cc3)N2Cc2nccs2)cc1.COc1ccc(C2CCCC(c3ccc(CO)cc3)N2C(=O)c2ccccc2)cc1. The maximum absolute atomic E-state index is 13.7. The molecule has 6 atom stereocenters. The number of piperidine rings is 1. The predicted octanol–water partition coefficient (Wildman–Crippen LogP) is 13.2. The Morgan fingerprint density at radius 1 is 0.463 bits per heavy atom. The van der Waals surface area contributed by atoms with Gasteiger partial charge in [-0.15, -0.1) is 22.7 Å². The van der Waals surface area contributed by atoms with E-state index in [4.69, 9.17) is 24.2 Å². The summed E-state index contributed by atoms with van der Waals surface area (Å²) in [5, 5.41) is 35.5. The number of amides is 1. The summed E-state index contributed by atoms with van der Waals surface area (Å²) in [5.74, 6) is 2.46. The van der Waals surface area contributed by atoms with Crippen molar-refractivity contribution in [2.45, 2.75) is 88.4 Å². The summed E-state index contributed by atoms with van der Waals surface area (Å²) >= 11 is 3.32. The van der Waals surface area contributed by atoms with Crippen molar-refractivity contribution in [3.05, 3.63) is 265 Å². The Labute approximate surface area is 476 Å². The number of aromatic nitrogens is 2. The molecule has 3 N–H and O–H groups in total. The highest BCUT2D eigenvalue weighted by Crippen LogP contribution is 2.57. The number of piperazine rings is 1. The van der Waals surface area contributed by atoms with Crippen molar-refractivity contribution in [3.63, 3.8) is 0 Å². The van der Waals surface area contributed by atoms with E-state index >= 15 is 0 Å². The molecule has 2 saturated heterocycles. The Balaban J connectivity index is 0.000000204. The monoisotopic (exact) mass is 1110 g/mol. The van der Waals surface area contributed by atoms with E-state index in [0.717, 1.165) is 96.6 Å². The lowest BCUT2D eigenvalue weighted by Gasteiger charge is -2.56. The molecule has 2 aliphatic rings. The molecular formula is C66H67N5O7S2. The van der Waals surface area contributed by atoms with Gasteiger partial charge in [0.1, 0.15) is 27.3 Å². The molecule has 0 spiro atoms. The van der Waals surface area contributed by atoms with Gasteiger partial charge in [-0.1, -0.05) is 127 Å². The largest absolute Gasteiger partial charge is 0.497 e. The van der Waals surface area contributed by atoms with Crippen molar-refractivity contribution in [2.24, 2.45) is 0 Å². The van der Waals surface area contributed by atoms with Gasteiger partial charge in [0.25, 0.3) is 5.91 Å². The zero-order chi connectivity index (χ0) is 55.4. The standard InChI is InChI=1S/C40H40N4O4S2.C26H27NO3/c1-47-33-15-11-31(12-16-33)39-40(32-13-17-34(48-2)18-14-32)44(24-36-42-20-22-50-36)38(30-9-5-28(26-46)6-10-30)37(29-7-3-27(25-45)4-8-29)43(39)23-35-41-19-21-49-35;1-30-23-16-14-21(15-17-23)25-9-5-8-24(20-12-10-19(18-28)11-13-20)27(25)26(29)22-6-3-2-4-7-22/h3-22,37-40,45-46H,23-26H2,1-2H3;2-4,6-7,10-17,24-25,28H,5,8-9,18H2,1H3. The fourth-order valence-electron chi connectivity index (χ4n) is 11.5. The van der Waals surface area contributed by atoms with Crippen molar-refractivity contribution in [1.29, 1.82) is 0 Å². The molecule has 410 valence electrons. The highest BCUT2D eigenvalue weighted by molar-refractivity contribution is 7.09. The van der Waals surface area contributed by atoms with Crippen LogP contribution < -0.4 is 14.2 Å². The Hall–Kier alpha value is -7.53. The number of ether oxygens (including phenoxy) is 3. The van der Waals surface area contributed by atoms with Gasteiger partial charge in [-0.3, -0.25) is 14.6 Å². The molecule has 14 heteroatoms. The molecule has 7 aromatic carbocycles. The van der Waals surface area contributed by atoms with Crippen LogP contribution in [0.3, 0.4) is 0 Å². The Morgan fingerprint density at radius 3 is 1.10 bits per heavy atom. The number of rotatable bonds is 17. The maximum Gasteiger partial charge on any atom is 0.254 e. The van der Waals surface area contributed by atoms with Gasteiger partial charge in [-0.25, -0.2) is 9.97 Å². The zero-order valence-electron chi connectivity index (χ0n) is 45.2. The van der Waals surface area contributed by atoms with Crippen LogP contribution >= 0.6 is 22.7 Å².